The van der Waals surface area contributed by atoms with Crippen molar-refractivity contribution in [3.05, 3.63) is 18.5 Å². The first kappa shape index (κ1) is 5.24. The molecule has 1 rings (SSSR count). The maximum Gasteiger partial charge on any atom is 0.213 e. The van der Waals surface area contributed by atoms with Crippen molar-refractivity contribution in [2.45, 2.75) is 0 Å². The fourth-order valence-corrected chi connectivity index (χ4v) is 0.686. The number of nitrogens with zero attached hydrogens (tertiary/aromatic N) is 2. The maximum atomic E-state index is 3.91. The summed E-state index contributed by atoms with van der Waals surface area (Å²) in [5, 5.41) is 0. The fraction of sp³-hybridized carbons (Fsp3) is 0. The van der Waals surface area contributed by atoms with E-state index in [1.54, 1.807) is 18.5 Å². The lowest BCUT2D eigenvalue weighted by molar-refractivity contribution is 1.18. The number of hydrogen-bond donors (Lipinski definition) is 1. The first-order valence-electron chi connectivity index (χ1n) is 2.38. The molecule has 4 heteroatoms. The average Bonchev–Trinajstić information content (AvgIpc) is 1.90. The van der Waals surface area contributed by atoms with E-state index in [4.69, 9.17) is 0 Å². The summed E-state index contributed by atoms with van der Waals surface area (Å²) in [6.45, 7) is 0. The summed E-state index contributed by atoms with van der Waals surface area (Å²) in [7, 11) is 0.902. The quantitative estimate of drug-likeness (QED) is 0.498. The topological polar surface area (TPSA) is 37.8 Å². The van der Waals surface area contributed by atoms with Crippen molar-refractivity contribution in [3.8, 4) is 0 Å². The fourth-order valence-electron chi connectivity index (χ4n) is 0.428. The highest BCUT2D eigenvalue weighted by atomic mass is 28.2. The standard InChI is InChI=1S/C4H7N3Si/c8-7-4-5-2-1-3-6-4/h1-3H,8H3,(H,5,6,7). The number of anilines is 1. The molecule has 0 amide bonds. The lowest BCUT2D eigenvalue weighted by atomic mass is 10.7. The summed E-state index contributed by atoms with van der Waals surface area (Å²) in [5.41, 5.74) is 0. The molecule has 1 aromatic heterocycles. The minimum Gasteiger partial charge on any atom is -0.389 e. The Hall–Kier alpha value is -0.903. The molecule has 0 aromatic carbocycles. The van der Waals surface area contributed by atoms with Crippen molar-refractivity contribution in [2.24, 2.45) is 0 Å². The molecule has 0 unspecified atom stereocenters. The molecule has 1 N–H and O–H groups in total. The highest BCUT2D eigenvalue weighted by Gasteiger charge is 1.81. The molecule has 0 aliphatic heterocycles. The van der Waals surface area contributed by atoms with Gasteiger partial charge in [0.25, 0.3) is 0 Å². The Morgan fingerprint density at radius 1 is 1.38 bits per heavy atom. The molecule has 0 saturated heterocycles. The van der Waals surface area contributed by atoms with Crippen molar-refractivity contribution >= 4 is 16.4 Å². The third-order valence-electron chi connectivity index (χ3n) is 0.789. The minimum absolute atomic E-state index is 0.721. The second-order valence-corrected chi connectivity index (χ2v) is 1.82. The van der Waals surface area contributed by atoms with Gasteiger partial charge < -0.3 is 4.98 Å². The van der Waals surface area contributed by atoms with Crippen molar-refractivity contribution in [2.75, 3.05) is 4.98 Å². The molecule has 0 radical (unpaired) electrons. The summed E-state index contributed by atoms with van der Waals surface area (Å²) >= 11 is 0. The van der Waals surface area contributed by atoms with Crippen LogP contribution in [0, 0.1) is 0 Å². The second kappa shape index (κ2) is 2.42. The van der Waals surface area contributed by atoms with Crippen LogP contribution < -0.4 is 4.98 Å². The van der Waals surface area contributed by atoms with Gasteiger partial charge in [-0.1, -0.05) is 0 Å². The molecule has 42 valence electrons. The average molecular weight is 125 g/mol. The number of nitrogens with one attached hydrogen (secondary N) is 1. The van der Waals surface area contributed by atoms with E-state index in [0.717, 1.165) is 16.4 Å². The molecule has 0 aliphatic carbocycles. The molecule has 0 saturated carbocycles. The van der Waals surface area contributed by atoms with E-state index in [9.17, 15) is 0 Å². The van der Waals surface area contributed by atoms with Crippen LogP contribution in [0.15, 0.2) is 18.5 Å². The molecular weight excluding hydrogens is 118 g/mol. The molecular formula is C4H7N3Si. The van der Waals surface area contributed by atoms with E-state index in [1.165, 1.54) is 0 Å². The number of hydrogen-bond acceptors (Lipinski definition) is 3. The van der Waals surface area contributed by atoms with Gasteiger partial charge in [-0.2, -0.15) is 0 Å². The van der Waals surface area contributed by atoms with Gasteiger partial charge in [0.05, 0.1) is 0 Å². The van der Waals surface area contributed by atoms with E-state index < -0.39 is 0 Å². The highest BCUT2D eigenvalue weighted by Crippen LogP contribution is 1.88. The Balaban J connectivity index is 2.83. The van der Waals surface area contributed by atoms with E-state index in [1.807, 2.05) is 0 Å². The third kappa shape index (κ3) is 1.03. The monoisotopic (exact) mass is 125 g/mol. The molecule has 1 aromatic rings. The van der Waals surface area contributed by atoms with Gasteiger partial charge in [0.1, 0.15) is 10.4 Å². The highest BCUT2D eigenvalue weighted by molar-refractivity contribution is 6.15. The largest absolute Gasteiger partial charge is 0.389 e. The summed E-state index contributed by atoms with van der Waals surface area (Å²) in [4.78, 5) is 10.8. The molecule has 0 spiro atoms. The van der Waals surface area contributed by atoms with E-state index in [2.05, 4.69) is 15.0 Å². The summed E-state index contributed by atoms with van der Waals surface area (Å²) in [6.07, 6.45) is 3.43. The Kier molecular flexibility index (Phi) is 1.58. The van der Waals surface area contributed by atoms with Gasteiger partial charge >= 0.3 is 0 Å². The van der Waals surface area contributed by atoms with Crippen LogP contribution in [0.1, 0.15) is 0 Å². The zero-order valence-electron chi connectivity index (χ0n) is 4.63. The SMILES string of the molecule is [SiH3]Nc1ncccn1. The van der Waals surface area contributed by atoms with E-state index in [-0.39, 0.29) is 0 Å². The molecule has 8 heavy (non-hydrogen) atoms. The van der Waals surface area contributed by atoms with Gasteiger partial charge in [0.2, 0.25) is 5.95 Å². The van der Waals surface area contributed by atoms with Crippen molar-refractivity contribution < 1.29 is 0 Å². The zero-order chi connectivity index (χ0) is 5.82. The summed E-state index contributed by atoms with van der Waals surface area (Å²) in [6, 6.07) is 1.79. The molecule has 0 aliphatic rings. The Bertz CT molecular complexity index is 153. The van der Waals surface area contributed by atoms with Crippen LogP contribution >= 0.6 is 0 Å². The molecule has 0 bridgehead atoms. The van der Waals surface area contributed by atoms with Crippen molar-refractivity contribution in [3.63, 3.8) is 0 Å². The van der Waals surface area contributed by atoms with Crippen LogP contribution in [0.5, 0.6) is 0 Å². The van der Waals surface area contributed by atoms with Gasteiger partial charge in [-0.25, -0.2) is 9.97 Å². The Labute approximate surface area is 50.7 Å². The van der Waals surface area contributed by atoms with Gasteiger partial charge in [-0.15, -0.1) is 0 Å². The van der Waals surface area contributed by atoms with Crippen LogP contribution in [0.3, 0.4) is 0 Å². The van der Waals surface area contributed by atoms with Crippen LogP contribution in [-0.2, 0) is 0 Å². The smallest absolute Gasteiger partial charge is 0.213 e. The van der Waals surface area contributed by atoms with Gasteiger partial charge in [0.15, 0.2) is 0 Å². The van der Waals surface area contributed by atoms with Crippen LogP contribution in [0.2, 0.25) is 0 Å². The minimum atomic E-state index is 0.721. The molecule has 0 fully saturated rings. The molecule has 3 nitrogen and oxygen atoms in total. The second-order valence-electron chi connectivity index (χ2n) is 1.32. The molecule has 1 heterocycles. The van der Waals surface area contributed by atoms with E-state index in [0.29, 0.717) is 0 Å². The van der Waals surface area contributed by atoms with Crippen molar-refractivity contribution in [1.82, 2.24) is 9.97 Å². The first-order valence-corrected chi connectivity index (χ1v) is 3.38. The normalized spacial score (nSPS) is 9.00. The number of aromatic nitrogens is 2. The van der Waals surface area contributed by atoms with E-state index >= 15 is 0 Å². The summed E-state index contributed by atoms with van der Waals surface area (Å²) in [5.74, 6) is 0.721. The Morgan fingerprint density at radius 3 is 2.38 bits per heavy atom. The summed E-state index contributed by atoms with van der Waals surface area (Å²) < 4.78 is 0. The number of rotatable bonds is 1. The van der Waals surface area contributed by atoms with Crippen LogP contribution in [0.25, 0.3) is 0 Å². The zero-order valence-corrected chi connectivity index (χ0v) is 6.63. The predicted molar refractivity (Wildman–Crippen MR) is 35.6 cm³/mol. The van der Waals surface area contributed by atoms with Gasteiger partial charge in [-0.3, -0.25) is 0 Å². The lowest BCUT2D eigenvalue weighted by Crippen LogP contribution is -1.95. The third-order valence-corrected chi connectivity index (χ3v) is 1.24. The molecule has 0 atom stereocenters. The van der Waals surface area contributed by atoms with Gasteiger partial charge in [-0.05, 0) is 6.07 Å². The predicted octanol–water partition coefficient (Wildman–Crippen LogP) is -0.831. The van der Waals surface area contributed by atoms with Crippen LogP contribution in [-0.4, -0.2) is 20.4 Å². The lowest BCUT2D eigenvalue weighted by Gasteiger charge is -1.91. The van der Waals surface area contributed by atoms with Crippen molar-refractivity contribution in [1.29, 1.82) is 0 Å². The maximum absolute atomic E-state index is 3.91. The van der Waals surface area contributed by atoms with Gasteiger partial charge in [0, 0.05) is 12.4 Å². The first-order chi connectivity index (χ1) is 3.93. The van der Waals surface area contributed by atoms with Crippen LogP contribution in [0.4, 0.5) is 5.95 Å². The Morgan fingerprint density at radius 2 is 2.00 bits per heavy atom.